The van der Waals surface area contributed by atoms with Crippen molar-refractivity contribution in [1.82, 2.24) is 4.57 Å². The van der Waals surface area contributed by atoms with Crippen LogP contribution in [0.3, 0.4) is 0 Å². The first-order chi connectivity index (χ1) is 14.3. The molecule has 1 heterocycles. The van der Waals surface area contributed by atoms with Crippen molar-refractivity contribution in [3.05, 3.63) is 97.0 Å². The third kappa shape index (κ3) is 3.18. The van der Waals surface area contributed by atoms with Crippen LogP contribution in [-0.4, -0.2) is 9.49 Å². The van der Waals surface area contributed by atoms with Gasteiger partial charge in [0.1, 0.15) is 11.6 Å². The van der Waals surface area contributed by atoms with Crippen LogP contribution in [0, 0.1) is 15.9 Å². The van der Waals surface area contributed by atoms with Crippen LogP contribution < -0.4 is 11.3 Å². The highest BCUT2D eigenvalue weighted by atomic mass is 35.5. The smallest absolute Gasteiger partial charge is 0.270 e. The molecule has 1 aromatic heterocycles. The summed E-state index contributed by atoms with van der Waals surface area (Å²) in [6, 6.07) is 14.2. The number of nitrogens with two attached hydrogens (primary N) is 1. The number of nitrogen functional groups attached to an aromatic ring is 1. The summed E-state index contributed by atoms with van der Waals surface area (Å²) in [6.45, 7) is 0. The molecule has 0 aliphatic rings. The molecule has 0 fully saturated rings. The summed E-state index contributed by atoms with van der Waals surface area (Å²) < 4.78 is 15.5. The van der Waals surface area contributed by atoms with Gasteiger partial charge in [0.2, 0.25) is 0 Å². The highest BCUT2D eigenvalue weighted by Gasteiger charge is 2.22. The van der Waals surface area contributed by atoms with Crippen molar-refractivity contribution in [2.75, 3.05) is 5.73 Å². The lowest BCUT2D eigenvalue weighted by Gasteiger charge is -2.18. The fourth-order valence-electron chi connectivity index (χ4n) is 3.37. The zero-order chi connectivity index (χ0) is 21.6. The number of pyridine rings is 1. The Labute approximate surface area is 179 Å². The Balaban J connectivity index is 2.22. The number of fused-ring (bicyclic) bond motifs is 1. The SMILES string of the molecule is Nc1c(-c2ccc(Cl)cc2Cl)c2ccc([N+](=O)[O-])cc2c(=O)n1-c1ccccc1F. The summed E-state index contributed by atoms with van der Waals surface area (Å²) in [5.41, 5.74) is 6.09. The quantitative estimate of drug-likeness (QED) is 0.329. The Morgan fingerprint density at radius 1 is 1.00 bits per heavy atom. The van der Waals surface area contributed by atoms with E-state index in [1.807, 2.05) is 0 Å². The maximum atomic E-state index is 14.5. The second-order valence-electron chi connectivity index (χ2n) is 6.46. The molecule has 0 saturated carbocycles. The standard InChI is InChI=1S/C21H12Cl2FN3O3/c22-11-5-7-14(16(23)9-11)19-13-8-6-12(27(29)30)10-15(13)21(28)26(20(19)25)18-4-2-1-3-17(18)24/h1-10H,25H2. The first-order valence-electron chi connectivity index (χ1n) is 8.62. The maximum absolute atomic E-state index is 14.5. The van der Waals surface area contributed by atoms with Crippen LogP contribution in [0.2, 0.25) is 10.0 Å². The van der Waals surface area contributed by atoms with Crippen molar-refractivity contribution < 1.29 is 9.31 Å². The minimum absolute atomic E-state index is 0.00247. The van der Waals surface area contributed by atoms with Gasteiger partial charge in [-0.1, -0.05) is 41.4 Å². The van der Waals surface area contributed by atoms with Crippen LogP contribution in [0.15, 0.2) is 65.5 Å². The number of halogens is 3. The minimum Gasteiger partial charge on any atom is -0.384 e. The second kappa shape index (κ2) is 7.44. The summed E-state index contributed by atoms with van der Waals surface area (Å²) in [5, 5.41) is 12.3. The van der Waals surface area contributed by atoms with Crippen molar-refractivity contribution in [3.63, 3.8) is 0 Å². The van der Waals surface area contributed by atoms with Crippen LogP contribution in [0.1, 0.15) is 0 Å². The fourth-order valence-corrected chi connectivity index (χ4v) is 3.87. The summed E-state index contributed by atoms with van der Waals surface area (Å²) >= 11 is 12.4. The van der Waals surface area contributed by atoms with Gasteiger partial charge >= 0.3 is 0 Å². The number of hydrogen-bond donors (Lipinski definition) is 1. The topological polar surface area (TPSA) is 91.2 Å². The fraction of sp³-hybridized carbons (Fsp3) is 0. The average molecular weight is 444 g/mol. The van der Waals surface area contributed by atoms with Crippen LogP contribution in [0.5, 0.6) is 0 Å². The molecule has 4 aromatic rings. The molecule has 4 rings (SSSR count). The van der Waals surface area contributed by atoms with Gasteiger partial charge in [0, 0.05) is 28.3 Å². The van der Waals surface area contributed by atoms with Crippen molar-refractivity contribution >= 4 is 45.5 Å². The number of benzene rings is 3. The molecule has 0 saturated heterocycles. The van der Waals surface area contributed by atoms with E-state index in [0.717, 1.165) is 10.6 Å². The number of rotatable bonds is 3. The van der Waals surface area contributed by atoms with Gasteiger partial charge in [-0.25, -0.2) is 4.39 Å². The Bertz CT molecular complexity index is 1400. The summed E-state index contributed by atoms with van der Waals surface area (Å²) in [5.74, 6) is -0.736. The highest BCUT2D eigenvalue weighted by Crippen LogP contribution is 2.39. The van der Waals surface area contributed by atoms with Crippen LogP contribution in [0.25, 0.3) is 27.6 Å². The van der Waals surface area contributed by atoms with Crippen molar-refractivity contribution in [2.45, 2.75) is 0 Å². The molecular formula is C21H12Cl2FN3O3. The van der Waals surface area contributed by atoms with Crippen LogP contribution in [0.4, 0.5) is 15.9 Å². The lowest BCUT2D eigenvalue weighted by atomic mass is 9.98. The Morgan fingerprint density at radius 2 is 1.73 bits per heavy atom. The second-order valence-corrected chi connectivity index (χ2v) is 7.31. The number of nitro benzene ring substituents is 1. The molecular weight excluding hydrogens is 432 g/mol. The normalized spacial score (nSPS) is 11.0. The summed E-state index contributed by atoms with van der Waals surface area (Å²) in [6.07, 6.45) is 0. The predicted octanol–water partition coefficient (Wildman–Crippen LogP) is 5.59. The van der Waals surface area contributed by atoms with Crippen LogP contribution >= 0.6 is 23.2 Å². The monoisotopic (exact) mass is 443 g/mol. The lowest BCUT2D eigenvalue weighted by molar-refractivity contribution is -0.384. The minimum atomic E-state index is -0.690. The Hall–Kier alpha value is -3.42. The number of hydrogen-bond acceptors (Lipinski definition) is 4. The molecule has 150 valence electrons. The third-order valence-corrected chi connectivity index (χ3v) is 5.26. The molecule has 0 atom stereocenters. The van der Waals surface area contributed by atoms with Gasteiger partial charge in [-0.05, 0) is 35.7 Å². The van der Waals surface area contributed by atoms with Gasteiger partial charge < -0.3 is 5.73 Å². The molecule has 2 N–H and O–H groups in total. The van der Waals surface area contributed by atoms with Gasteiger partial charge in [-0.15, -0.1) is 0 Å². The highest BCUT2D eigenvalue weighted by molar-refractivity contribution is 6.37. The molecule has 9 heteroatoms. The van der Waals surface area contributed by atoms with Gasteiger partial charge in [0.15, 0.2) is 0 Å². The summed E-state index contributed by atoms with van der Waals surface area (Å²) in [7, 11) is 0. The predicted molar refractivity (Wildman–Crippen MR) is 116 cm³/mol. The lowest BCUT2D eigenvalue weighted by Crippen LogP contribution is -2.23. The zero-order valence-electron chi connectivity index (χ0n) is 15.1. The number of anilines is 1. The molecule has 30 heavy (non-hydrogen) atoms. The largest absolute Gasteiger partial charge is 0.384 e. The maximum Gasteiger partial charge on any atom is 0.270 e. The number of nitrogens with zero attached hydrogens (tertiary/aromatic N) is 2. The molecule has 0 aliphatic heterocycles. The van der Waals surface area contributed by atoms with Crippen molar-refractivity contribution in [1.29, 1.82) is 0 Å². The van der Waals surface area contributed by atoms with E-state index in [9.17, 15) is 19.3 Å². The Kier molecular flexibility index (Phi) is 4.93. The average Bonchev–Trinajstić information content (AvgIpc) is 2.70. The third-order valence-electron chi connectivity index (χ3n) is 4.71. The van der Waals surface area contributed by atoms with E-state index >= 15 is 0 Å². The van der Waals surface area contributed by atoms with Gasteiger partial charge in [0.05, 0.1) is 21.0 Å². The number of aromatic nitrogens is 1. The van der Waals surface area contributed by atoms with Gasteiger partial charge in [-0.3, -0.25) is 19.5 Å². The molecule has 0 bridgehead atoms. The molecule has 3 aromatic carbocycles. The van der Waals surface area contributed by atoms with E-state index in [1.54, 1.807) is 18.2 Å². The van der Waals surface area contributed by atoms with Crippen molar-refractivity contribution in [3.8, 4) is 16.8 Å². The van der Waals surface area contributed by atoms with E-state index in [4.69, 9.17) is 28.9 Å². The van der Waals surface area contributed by atoms with Crippen molar-refractivity contribution in [2.24, 2.45) is 0 Å². The molecule has 0 aliphatic carbocycles. The first kappa shape index (κ1) is 19.9. The first-order valence-corrected chi connectivity index (χ1v) is 9.38. The van der Waals surface area contributed by atoms with Gasteiger partial charge in [0.25, 0.3) is 11.2 Å². The number of para-hydroxylation sites is 1. The van der Waals surface area contributed by atoms with Crippen LogP contribution in [-0.2, 0) is 0 Å². The number of nitro groups is 1. The number of non-ortho nitro benzene ring substituents is 1. The van der Waals surface area contributed by atoms with E-state index in [-0.39, 0.29) is 27.6 Å². The van der Waals surface area contributed by atoms with E-state index in [1.165, 1.54) is 36.4 Å². The molecule has 0 spiro atoms. The van der Waals surface area contributed by atoms with E-state index < -0.39 is 16.3 Å². The zero-order valence-corrected chi connectivity index (χ0v) is 16.6. The molecule has 6 nitrogen and oxygen atoms in total. The summed E-state index contributed by atoms with van der Waals surface area (Å²) in [4.78, 5) is 23.9. The molecule has 0 unspecified atom stereocenters. The van der Waals surface area contributed by atoms with E-state index in [0.29, 0.717) is 21.5 Å². The van der Waals surface area contributed by atoms with Gasteiger partial charge in [-0.2, -0.15) is 0 Å². The Morgan fingerprint density at radius 3 is 2.40 bits per heavy atom. The molecule has 0 radical (unpaired) electrons. The molecule has 0 amide bonds. The van der Waals surface area contributed by atoms with E-state index in [2.05, 4.69) is 0 Å².